The van der Waals surface area contributed by atoms with E-state index in [-0.39, 0.29) is 22.9 Å². The predicted octanol–water partition coefficient (Wildman–Crippen LogP) is 1.72. The van der Waals surface area contributed by atoms with Gasteiger partial charge in [0.05, 0.1) is 11.0 Å². The number of non-ortho nitro benzene ring substituents is 1. The maximum Gasteiger partial charge on any atom is 0.270 e. The standard InChI is InChI=1S/C14H18N2O5/c1-4-7-15-14(18)10(3)21-13-6-5-11(16(19)20)8-12(13)9(2)17/h4-6,8-10,17H,1,7H2,2-3H3,(H,15,18)/t9-,10?/m1/s1. The number of ether oxygens (including phenoxy) is 1. The number of nitro benzene ring substituents is 1. The molecule has 0 spiro atoms. The van der Waals surface area contributed by atoms with Crippen molar-refractivity contribution in [3.8, 4) is 5.75 Å². The van der Waals surface area contributed by atoms with Crippen LogP contribution in [0.25, 0.3) is 0 Å². The number of hydrogen-bond acceptors (Lipinski definition) is 5. The molecule has 0 aliphatic heterocycles. The van der Waals surface area contributed by atoms with E-state index in [1.807, 2.05) is 0 Å². The molecule has 0 aliphatic carbocycles. The van der Waals surface area contributed by atoms with Crippen molar-refractivity contribution in [2.24, 2.45) is 0 Å². The molecule has 1 rings (SSSR count). The van der Waals surface area contributed by atoms with Crippen molar-refractivity contribution in [2.75, 3.05) is 6.54 Å². The van der Waals surface area contributed by atoms with Gasteiger partial charge in [0.1, 0.15) is 5.75 Å². The molecule has 114 valence electrons. The Morgan fingerprint density at radius 3 is 2.76 bits per heavy atom. The quantitative estimate of drug-likeness (QED) is 0.453. The molecule has 0 heterocycles. The van der Waals surface area contributed by atoms with Gasteiger partial charge in [-0.1, -0.05) is 6.08 Å². The maximum absolute atomic E-state index is 11.7. The van der Waals surface area contributed by atoms with E-state index in [4.69, 9.17) is 4.74 Å². The number of carbonyl (C=O) groups excluding carboxylic acids is 1. The molecule has 0 bridgehead atoms. The van der Waals surface area contributed by atoms with Crippen LogP contribution >= 0.6 is 0 Å². The van der Waals surface area contributed by atoms with Crippen LogP contribution < -0.4 is 10.1 Å². The average molecular weight is 294 g/mol. The molecular formula is C14H18N2O5. The third kappa shape index (κ3) is 4.57. The Labute approximate surface area is 122 Å². The van der Waals surface area contributed by atoms with Crippen molar-refractivity contribution in [3.05, 3.63) is 46.5 Å². The molecule has 0 saturated carbocycles. The summed E-state index contributed by atoms with van der Waals surface area (Å²) in [5, 5.41) is 23.0. The Bertz CT molecular complexity index is 542. The van der Waals surface area contributed by atoms with E-state index in [1.165, 1.54) is 31.2 Å². The van der Waals surface area contributed by atoms with E-state index in [9.17, 15) is 20.0 Å². The Kier molecular flexibility index (Phi) is 5.86. The minimum absolute atomic E-state index is 0.151. The van der Waals surface area contributed by atoms with Crippen LogP contribution in [0.1, 0.15) is 25.5 Å². The second-order valence-corrected chi connectivity index (χ2v) is 4.45. The average Bonchev–Trinajstić information content (AvgIpc) is 2.44. The molecule has 1 aromatic rings. The molecule has 7 nitrogen and oxygen atoms in total. The van der Waals surface area contributed by atoms with Crippen molar-refractivity contribution in [3.63, 3.8) is 0 Å². The van der Waals surface area contributed by atoms with Crippen molar-refractivity contribution in [1.82, 2.24) is 5.32 Å². The van der Waals surface area contributed by atoms with E-state index in [0.29, 0.717) is 6.54 Å². The van der Waals surface area contributed by atoms with Crippen LogP contribution in [-0.2, 0) is 4.79 Å². The SMILES string of the molecule is C=CCNC(=O)C(C)Oc1ccc([N+](=O)[O-])cc1[C@@H](C)O. The van der Waals surface area contributed by atoms with Crippen LogP contribution in [0.3, 0.4) is 0 Å². The first-order chi connectivity index (χ1) is 9.86. The fourth-order valence-electron chi connectivity index (χ4n) is 1.64. The predicted molar refractivity (Wildman–Crippen MR) is 77.0 cm³/mol. The van der Waals surface area contributed by atoms with Crippen LogP contribution in [0.2, 0.25) is 0 Å². The van der Waals surface area contributed by atoms with E-state index < -0.39 is 17.1 Å². The molecule has 21 heavy (non-hydrogen) atoms. The van der Waals surface area contributed by atoms with Gasteiger partial charge in [0.2, 0.25) is 0 Å². The first kappa shape index (κ1) is 16.6. The minimum atomic E-state index is -0.955. The number of rotatable bonds is 7. The van der Waals surface area contributed by atoms with Crippen molar-refractivity contribution in [1.29, 1.82) is 0 Å². The van der Waals surface area contributed by atoms with Crippen LogP contribution in [0.15, 0.2) is 30.9 Å². The highest BCUT2D eigenvalue weighted by atomic mass is 16.6. The summed E-state index contributed by atoms with van der Waals surface area (Å²) in [6.07, 6.45) is -0.218. The number of amides is 1. The van der Waals surface area contributed by atoms with Crippen LogP contribution in [0.5, 0.6) is 5.75 Å². The fraction of sp³-hybridized carbons (Fsp3) is 0.357. The normalized spacial score (nSPS) is 13.1. The van der Waals surface area contributed by atoms with Crippen molar-refractivity contribution < 1.29 is 19.6 Å². The molecule has 0 saturated heterocycles. The zero-order valence-electron chi connectivity index (χ0n) is 11.9. The van der Waals surface area contributed by atoms with Crippen molar-refractivity contribution >= 4 is 11.6 Å². The summed E-state index contributed by atoms with van der Waals surface area (Å²) >= 11 is 0. The van der Waals surface area contributed by atoms with E-state index in [2.05, 4.69) is 11.9 Å². The lowest BCUT2D eigenvalue weighted by Gasteiger charge is -2.18. The summed E-state index contributed by atoms with van der Waals surface area (Å²) in [7, 11) is 0. The number of nitrogens with zero attached hydrogens (tertiary/aromatic N) is 1. The molecule has 7 heteroatoms. The summed E-state index contributed by atoms with van der Waals surface area (Å²) in [5.41, 5.74) is 0.106. The summed E-state index contributed by atoms with van der Waals surface area (Å²) in [5.74, 6) is -0.110. The second-order valence-electron chi connectivity index (χ2n) is 4.45. The highest BCUT2D eigenvalue weighted by Gasteiger charge is 2.19. The number of nitro groups is 1. The lowest BCUT2D eigenvalue weighted by Crippen LogP contribution is -2.36. The highest BCUT2D eigenvalue weighted by Crippen LogP contribution is 2.30. The zero-order valence-corrected chi connectivity index (χ0v) is 11.9. The van der Waals surface area contributed by atoms with Gasteiger partial charge in [0, 0.05) is 24.2 Å². The van der Waals surface area contributed by atoms with E-state index >= 15 is 0 Å². The van der Waals surface area contributed by atoms with E-state index in [0.717, 1.165) is 0 Å². The first-order valence-electron chi connectivity index (χ1n) is 6.38. The van der Waals surface area contributed by atoms with Crippen LogP contribution in [0, 0.1) is 10.1 Å². The molecular weight excluding hydrogens is 276 g/mol. The second kappa shape index (κ2) is 7.39. The molecule has 1 amide bonds. The third-order valence-corrected chi connectivity index (χ3v) is 2.75. The molecule has 2 N–H and O–H groups in total. The summed E-state index contributed by atoms with van der Waals surface area (Å²) < 4.78 is 5.47. The van der Waals surface area contributed by atoms with Gasteiger partial charge in [-0.05, 0) is 19.9 Å². The summed E-state index contributed by atoms with van der Waals surface area (Å²) in [6, 6.07) is 3.86. The number of aliphatic hydroxyl groups excluding tert-OH is 1. The zero-order chi connectivity index (χ0) is 16.0. The molecule has 2 atom stereocenters. The Morgan fingerprint density at radius 1 is 1.57 bits per heavy atom. The molecule has 0 aliphatic rings. The van der Waals surface area contributed by atoms with Gasteiger partial charge < -0.3 is 15.2 Å². The smallest absolute Gasteiger partial charge is 0.270 e. The Morgan fingerprint density at radius 2 is 2.24 bits per heavy atom. The molecule has 0 radical (unpaired) electrons. The van der Waals surface area contributed by atoms with Gasteiger partial charge in [-0.3, -0.25) is 14.9 Å². The molecule has 0 aromatic heterocycles. The number of benzene rings is 1. The monoisotopic (exact) mass is 294 g/mol. The van der Waals surface area contributed by atoms with Gasteiger partial charge in [-0.25, -0.2) is 0 Å². The highest BCUT2D eigenvalue weighted by molar-refractivity contribution is 5.80. The summed E-state index contributed by atoms with van der Waals surface area (Å²) in [6.45, 7) is 6.82. The number of aliphatic hydroxyl groups is 1. The molecule has 0 fully saturated rings. The number of carbonyl (C=O) groups is 1. The van der Waals surface area contributed by atoms with E-state index in [1.54, 1.807) is 6.92 Å². The van der Waals surface area contributed by atoms with Gasteiger partial charge in [0.25, 0.3) is 11.6 Å². The first-order valence-corrected chi connectivity index (χ1v) is 6.38. The largest absolute Gasteiger partial charge is 0.481 e. The lowest BCUT2D eigenvalue weighted by atomic mass is 10.1. The summed E-state index contributed by atoms with van der Waals surface area (Å²) in [4.78, 5) is 21.9. The minimum Gasteiger partial charge on any atom is -0.481 e. The third-order valence-electron chi connectivity index (χ3n) is 2.75. The van der Waals surface area contributed by atoms with Gasteiger partial charge in [-0.15, -0.1) is 6.58 Å². The topological polar surface area (TPSA) is 102 Å². The van der Waals surface area contributed by atoms with Gasteiger partial charge in [-0.2, -0.15) is 0 Å². The number of nitrogens with one attached hydrogen (secondary N) is 1. The van der Waals surface area contributed by atoms with Gasteiger partial charge in [0.15, 0.2) is 6.10 Å². The van der Waals surface area contributed by atoms with Gasteiger partial charge >= 0.3 is 0 Å². The lowest BCUT2D eigenvalue weighted by molar-refractivity contribution is -0.385. The Balaban J connectivity index is 2.94. The number of hydrogen-bond donors (Lipinski definition) is 2. The van der Waals surface area contributed by atoms with Crippen LogP contribution in [-0.4, -0.2) is 28.6 Å². The fourth-order valence-corrected chi connectivity index (χ4v) is 1.64. The molecule has 1 unspecified atom stereocenters. The maximum atomic E-state index is 11.7. The van der Waals surface area contributed by atoms with Crippen LogP contribution in [0.4, 0.5) is 5.69 Å². The van der Waals surface area contributed by atoms with Crippen molar-refractivity contribution in [2.45, 2.75) is 26.1 Å². The molecule has 1 aromatic carbocycles. The Hall–Kier alpha value is -2.41.